The molecular formula is C23H17F4N3O2S. The van der Waals surface area contributed by atoms with Gasteiger partial charge in [-0.1, -0.05) is 18.2 Å². The van der Waals surface area contributed by atoms with E-state index in [1.54, 1.807) is 41.3 Å². The van der Waals surface area contributed by atoms with E-state index in [9.17, 15) is 27.2 Å². The van der Waals surface area contributed by atoms with Crippen LogP contribution in [-0.4, -0.2) is 17.7 Å². The second-order valence-electron chi connectivity index (χ2n) is 7.18. The molecule has 0 aliphatic carbocycles. The zero-order valence-electron chi connectivity index (χ0n) is 16.9. The molecule has 1 aliphatic heterocycles. The van der Waals surface area contributed by atoms with Crippen LogP contribution in [-0.2, 0) is 11.0 Å². The molecule has 3 aromatic rings. The van der Waals surface area contributed by atoms with Crippen LogP contribution in [0.25, 0.3) is 0 Å². The van der Waals surface area contributed by atoms with E-state index in [1.807, 2.05) is 0 Å². The molecule has 5 nitrogen and oxygen atoms in total. The third kappa shape index (κ3) is 5.28. The number of carbonyl (C=O) groups excluding carboxylic acids is 2. The second-order valence-corrected chi connectivity index (χ2v) is 8.25. The number of thioether (sulfide) groups is 1. The molecule has 0 aromatic heterocycles. The van der Waals surface area contributed by atoms with Gasteiger partial charge in [-0.3, -0.25) is 9.69 Å². The minimum atomic E-state index is -4.51. The van der Waals surface area contributed by atoms with Gasteiger partial charge in [0.2, 0.25) is 5.91 Å². The summed E-state index contributed by atoms with van der Waals surface area (Å²) in [7, 11) is 0. The van der Waals surface area contributed by atoms with Gasteiger partial charge in [0, 0.05) is 17.1 Å². The normalized spacial score (nSPS) is 16.1. The summed E-state index contributed by atoms with van der Waals surface area (Å²) in [5.74, 6) is -0.214. The van der Waals surface area contributed by atoms with Gasteiger partial charge < -0.3 is 10.6 Å². The van der Waals surface area contributed by atoms with Crippen LogP contribution in [0.5, 0.6) is 0 Å². The maximum atomic E-state index is 13.3. The maximum Gasteiger partial charge on any atom is 0.416 e. The van der Waals surface area contributed by atoms with Crippen LogP contribution in [0, 0.1) is 5.82 Å². The number of urea groups is 1. The number of amides is 3. The molecule has 3 amide bonds. The second kappa shape index (κ2) is 9.14. The standard InChI is InChI=1S/C23H17F4N3O2S/c24-16-6-10-19(11-7-16)30-20(31)13-33-21(30)14-4-8-17(9-5-14)28-22(32)29-18-3-1-2-15(12-18)23(25,26)27/h1-12,21H,13H2,(H2,28,29,32)/t21-/m0/s1. The fraction of sp³-hybridized carbons (Fsp3) is 0.130. The number of halogens is 4. The SMILES string of the molecule is O=C(Nc1ccc([C@@H]2SCC(=O)N2c2ccc(F)cc2)cc1)Nc1cccc(C(F)(F)F)c1. The Labute approximate surface area is 190 Å². The summed E-state index contributed by atoms with van der Waals surface area (Å²) in [5, 5.41) is 4.63. The first kappa shape index (κ1) is 22.7. The number of anilines is 3. The molecule has 0 radical (unpaired) electrons. The molecule has 33 heavy (non-hydrogen) atoms. The quantitative estimate of drug-likeness (QED) is 0.438. The number of hydrogen-bond acceptors (Lipinski definition) is 3. The van der Waals surface area contributed by atoms with E-state index in [0.29, 0.717) is 11.4 Å². The van der Waals surface area contributed by atoms with Crippen molar-refractivity contribution in [2.24, 2.45) is 0 Å². The summed E-state index contributed by atoms with van der Waals surface area (Å²) in [6.45, 7) is 0. The Bertz CT molecular complexity index is 1170. The van der Waals surface area contributed by atoms with E-state index >= 15 is 0 Å². The minimum absolute atomic E-state index is 0.00903. The molecule has 10 heteroatoms. The van der Waals surface area contributed by atoms with Gasteiger partial charge in [0.15, 0.2) is 0 Å². The maximum absolute atomic E-state index is 13.3. The first-order valence-corrected chi connectivity index (χ1v) is 10.8. The Morgan fingerprint density at radius 2 is 1.61 bits per heavy atom. The van der Waals surface area contributed by atoms with Crippen LogP contribution in [0.3, 0.4) is 0 Å². The molecule has 4 rings (SSSR count). The van der Waals surface area contributed by atoms with E-state index in [0.717, 1.165) is 17.7 Å². The van der Waals surface area contributed by atoms with Crippen LogP contribution in [0.15, 0.2) is 72.8 Å². The number of rotatable bonds is 4. The Kier molecular flexibility index (Phi) is 6.28. The van der Waals surface area contributed by atoms with E-state index in [4.69, 9.17) is 0 Å². The minimum Gasteiger partial charge on any atom is -0.308 e. The summed E-state index contributed by atoms with van der Waals surface area (Å²) in [4.78, 5) is 26.2. The number of benzene rings is 3. The van der Waals surface area contributed by atoms with Gasteiger partial charge in [-0.2, -0.15) is 13.2 Å². The lowest BCUT2D eigenvalue weighted by Gasteiger charge is -2.24. The van der Waals surface area contributed by atoms with Crippen LogP contribution >= 0.6 is 11.8 Å². The molecule has 1 aliphatic rings. The van der Waals surface area contributed by atoms with Crippen molar-refractivity contribution < 1.29 is 27.2 Å². The van der Waals surface area contributed by atoms with Crippen molar-refractivity contribution in [1.82, 2.24) is 0 Å². The zero-order valence-corrected chi connectivity index (χ0v) is 17.7. The summed E-state index contributed by atoms with van der Waals surface area (Å²) in [6, 6.07) is 16.1. The zero-order chi connectivity index (χ0) is 23.6. The van der Waals surface area contributed by atoms with Crippen LogP contribution in [0.4, 0.5) is 39.4 Å². The smallest absolute Gasteiger partial charge is 0.308 e. The highest BCUT2D eigenvalue weighted by atomic mass is 32.2. The highest BCUT2D eigenvalue weighted by Gasteiger charge is 2.34. The van der Waals surface area contributed by atoms with E-state index in [1.165, 1.54) is 36.0 Å². The number of nitrogens with one attached hydrogen (secondary N) is 2. The van der Waals surface area contributed by atoms with Gasteiger partial charge in [0.1, 0.15) is 11.2 Å². The van der Waals surface area contributed by atoms with Crippen molar-refractivity contribution in [3.8, 4) is 0 Å². The lowest BCUT2D eigenvalue weighted by atomic mass is 10.1. The molecule has 1 fully saturated rings. The Morgan fingerprint density at radius 3 is 2.27 bits per heavy atom. The number of nitrogens with zero attached hydrogens (tertiary/aromatic N) is 1. The molecule has 3 aromatic carbocycles. The Hall–Kier alpha value is -3.53. The summed E-state index contributed by atoms with van der Waals surface area (Å²) in [5.41, 5.74) is 0.956. The van der Waals surface area contributed by atoms with Gasteiger partial charge in [-0.25, -0.2) is 9.18 Å². The molecule has 0 unspecified atom stereocenters. The molecule has 1 atom stereocenters. The van der Waals surface area contributed by atoms with Crippen molar-refractivity contribution in [2.75, 3.05) is 21.3 Å². The van der Waals surface area contributed by atoms with Crippen molar-refractivity contribution >= 4 is 40.8 Å². The summed E-state index contributed by atoms with van der Waals surface area (Å²) >= 11 is 1.43. The van der Waals surface area contributed by atoms with Crippen LogP contribution < -0.4 is 15.5 Å². The highest BCUT2D eigenvalue weighted by Crippen LogP contribution is 2.42. The van der Waals surface area contributed by atoms with Gasteiger partial charge in [0.05, 0.1) is 11.3 Å². The molecule has 0 bridgehead atoms. The van der Waals surface area contributed by atoms with Gasteiger partial charge in [-0.05, 0) is 60.2 Å². The summed E-state index contributed by atoms with van der Waals surface area (Å²) < 4.78 is 51.7. The molecular weight excluding hydrogens is 458 g/mol. The molecule has 1 saturated heterocycles. The Balaban J connectivity index is 1.43. The van der Waals surface area contributed by atoms with Gasteiger partial charge in [0.25, 0.3) is 0 Å². The average molecular weight is 475 g/mol. The number of carbonyl (C=O) groups is 2. The largest absolute Gasteiger partial charge is 0.416 e. The number of alkyl halides is 3. The van der Waals surface area contributed by atoms with Crippen LogP contribution in [0.2, 0.25) is 0 Å². The van der Waals surface area contributed by atoms with Crippen molar-refractivity contribution in [3.63, 3.8) is 0 Å². The van der Waals surface area contributed by atoms with E-state index < -0.39 is 23.6 Å². The van der Waals surface area contributed by atoms with Gasteiger partial charge >= 0.3 is 12.2 Å². The lowest BCUT2D eigenvalue weighted by molar-refractivity contribution is -0.137. The number of hydrogen-bond donors (Lipinski definition) is 2. The first-order chi connectivity index (χ1) is 15.7. The molecule has 0 saturated carbocycles. The predicted octanol–water partition coefficient (Wildman–Crippen LogP) is 6.27. The van der Waals surface area contributed by atoms with Gasteiger partial charge in [-0.15, -0.1) is 11.8 Å². The monoisotopic (exact) mass is 475 g/mol. The molecule has 2 N–H and O–H groups in total. The van der Waals surface area contributed by atoms with Crippen molar-refractivity contribution in [3.05, 3.63) is 89.7 Å². The van der Waals surface area contributed by atoms with E-state index in [-0.39, 0.29) is 22.7 Å². The summed E-state index contributed by atoms with van der Waals surface area (Å²) in [6.07, 6.45) is -4.51. The highest BCUT2D eigenvalue weighted by molar-refractivity contribution is 8.00. The first-order valence-electron chi connectivity index (χ1n) is 9.75. The predicted molar refractivity (Wildman–Crippen MR) is 120 cm³/mol. The third-order valence-electron chi connectivity index (χ3n) is 4.87. The van der Waals surface area contributed by atoms with E-state index in [2.05, 4.69) is 10.6 Å². The van der Waals surface area contributed by atoms with Crippen molar-refractivity contribution in [1.29, 1.82) is 0 Å². The third-order valence-corrected chi connectivity index (χ3v) is 6.09. The Morgan fingerprint density at radius 1 is 0.939 bits per heavy atom. The molecule has 0 spiro atoms. The van der Waals surface area contributed by atoms with Crippen molar-refractivity contribution in [2.45, 2.75) is 11.6 Å². The molecule has 1 heterocycles. The van der Waals surface area contributed by atoms with Crippen LogP contribution in [0.1, 0.15) is 16.5 Å². The molecule has 170 valence electrons. The fourth-order valence-corrected chi connectivity index (χ4v) is 4.53. The topological polar surface area (TPSA) is 61.4 Å². The fourth-order valence-electron chi connectivity index (χ4n) is 3.35. The average Bonchev–Trinajstić information content (AvgIpc) is 3.16. The lowest BCUT2D eigenvalue weighted by Crippen LogP contribution is -2.27.